The van der Waals surface area contributed by atoms with Crippen molar-refractivity contribution in [3.63, 3.8) is 0 Å². The number of aromatic nitrogens is 1. The fourth-order valence-corrected chi connectivity index (χ4v) is 2.26. The molecule has 0 saturated carbocycles. The number of rotatable bonds is 5. The minimum Gasteiger partial charge on any atom is -0.345 e. The van der Waals surface area contributed by atoms with Crippen LogP contribution in [-0.2, 0) is 14.4 Å². The highest BCUT2D eigenvalue weighted by molar-refractivity contribution is 6.23. The van der Waals surface area contributed by atoms with E-state index in [0.717, 1.165) is 4.90 Å². The maximum atomic E-state index is 12.7. The van der Waals surface area contributed by atoms with E-state index < -0.39 is 11.8 Å². The molecule has 0 unspecified atom stereocenters. The van der Waals surface area contributed by atoms with Gasteiger partial charge in [-0.2, -0.15) is 0 Å². The Morgan fingerprint density at radius 2 is 1.58 bits per heavy atom. The van der Waals surface area contributed by atoms with Crippen molar-refractivity contribution >= 4 is 30.2 Å². The molecule has 26 heavy (non-hydrogen) atoms. The molecule has 0 atom stereocenters. The lowest BCUT2D eigenvalue weighted by molar-refractivity contribution is -0.136. The first-order valence-corrected chi connectivity index (χ1v) is 7.79. The van der Waals surface area contributed by atoms with Crippen LogP contribution in [0.25, 0.3) is 6.08 Å². The third kappa shape index (κ3) is 3.94. The number of imide groups is 1. The van der Waals surface area contributed by atoms with Gasteiger partial charge in [0.15, 0.2) is 0 Å². The van der Waals surface area contributed by atoms with Crippen LogP contribution in [0.3, 0.4) is 0 Å². The van der Waals surface area contributed by atoms with Crippen LogP contribution < -0.4 is 0 Å². The van der Waals surface area contributed by atoms with Gasteiger partial charge in [0.1, 0.15) is 5.57 Å². The second kappa shape index (κ2) is 8.06. The van der Waals surface area contributed by atoms with Crippen LogP contribution in [0, 0.1) is 0 Å². The Hall–Kier alpha value is -3.48. The average Bonchev–Trinajstić information content (AvgIpc) is 3.12. The summed E-state index contributed by atoms with van der Waals surface area (Å²) in [6.45, 7) is 0. The van der Waals surface area contributed by atoms with E-state index in [4.69, 9.17) is 0 Å². The van der Waals surface area contributed by atoms with Gasteiger partial charge in [-0.15, -0.1) is 0 Å². The molecular formula is C19H19N3O4. The van der Waals surface area contributed by atoms with Crippen LogP contribution in [0.2, 0.25) is 0 Å². The Balaban J connectivity index is 2.50. The zero-order chi connectivity index (χ0) is 19.3. The first kappa shape index (κ1) is 18.9. The van der Waals surface area contributed by atoms with Gasteiger partial charge >= 0.3 is 0 Å². The highest BCUT2D eigenvalue weighted by Crippen LogP contribution is 2.14. The number of hydrogen-bond donors (Lipinski definition) is 0. The topological polar surface area (TPSA) is 79.7 Å². The molecule has 1 aromatic heterocycles. The fraction of sp³-hybridized carbons (Fsp3) is 0.158. The molecule has 0 fully saturated rings. The van der Waals surface area contributed by atoms with E-state index in [1.165, 1.54) is 36.7 Å². The summed E-state index contributed by atoms with van der Waals surface area (Å²) in [5, 5.41) is 0. The normalized spacial score (nSPS) is 11.0. The average molecular weight is 353 g/mol. The van der Waals surface area contributed by atoms with Crippen molar-refractivity contribution in [2.75, 3.05) is 21.1 Å². The molecule has 2 aromatic rings. The summed E-state index contributed by atoms with van der Waals surface area (Å²) in [7, 11) is 4.26. The Bertz CT molecular complexity index is 866. The lowest BCUT2D eigenvalue weighted by Crippen LogP contribution is -2.34. The van der Waals surface area contributed by atoms with E-state index in [0.29, 0.717) is 17.7 Å². The number of nitrogens with zero attached hydrogens (tertiary/aromatic N) is 3. The second-order valence-corrected chi connectivity index (χ2v) is 5.75. The third-order valence-corrected chi connectivity index (χ3v) is 3.66. The Morgan fingerprint density at radius 1 is 0.923 bits per heavy atom. The summed E-state index contributed by atoms with van der Waals surface area (Å²) in [5.41, 5.74) is 0.609. The third-order valence-electron chi connectivity index (χ3n) is 3.66. The molecule has 1 aromatic carbocycles. The number of amides is 3. The Labute approximate surface area is 151 Å². The molecule has 0 aliphatic heterocycles. The highest BCUT2D eigenvalue weighted by Gasteiger charge is 2.24. The standard InChI is InChI=1S/C19H19N3O4/c1-20(2)18(25)16(19(26)21(3)13-23)12-15-10-7-11-22(15)17(24)14-8-5-4-6-9-14/h4-13H,1-3H3/b16-12+. The zero-order valence-corrected chi connectivity index (χ0v) is 14.7. The summed E-state index contributed by atoms with van der Waals surface area (Å²) in [6.07, 6.45) is 3.19. The first-order chi connectivity index (χ1) is 12.4. The number of benzene rings is 1. The van der Waals surface area contributed by atoms with Gasteiger partial charge in [0, 0.05) is 38.6 Å². The van der Waals surface area contributed by atoms with Crippen LogP contribution >= 0.6 is 0 Å². The van der Waals surface area contributed by atoms with Crippen LogP contribution in [-0.4, -0.2) is 59.6 Å². The smallest absolute Gasteiger partial charge is 0.265 e. The Kier molecular flexibility index (Phi) is 5.85. The van der Waals surface area contributed by atoms with Crippen LogP contribution in [0.5, 0.6) is 0 Å². The molecule has 0 radical (unpaired) electrons. The SMILES string of the molecule is CN(C)C(=O)/C(=C\c1cccn1C(=O)c1ccccc1)C(=O)N(C)C=O. The molecule has 0 aliphatic carbocycles. The molecule has 0 saturated heterocycles. The van der Waals surface area contributed by atoms with Crippen molar-refractivity contribution in [3.8, 4) is 0 Å². The van der Waals surface area contributed by atoms with Crippen molar-refractivity contribution in [3.05, 3.63) is 65.5 Å². The van der Waals surface area contributed by atoms with E-state index in [-0.39, 0.29) is 11.5 Å². The van der Waals surface area contributed by atoms with Crippen molar-refractivity contribution < 1.29 is 19.2 Å². The summed E-state index contributed by atoms with van der Waals surface area (Å²) in [5.74, 6) is -1.61. The maximum Gasteiger partial charge on any atom is 0.265 e. The quantitative estimate of drug-likeness (QED) is 0.351. The molecule has 0 N–H and O–H groups in total. The molecule has 2 rings (SSSR count). The molecule has 7 nitrogen and oxygen atoms in total. The van der Waals surface area contributed by atoms with Gasteiger partial charge < -0.3 is 4.90 Å². The molecule has 0 aliphatic rings. The molecular weight excluding hydrogens is 334 g/mol. The number of likely N-dealkylation sites (N-methyl/N-ethyl adjacent to an activating group) is 2. The van der Waals surface area contributed by atoms with E-state index in [1.54, 1.807) is 48.7 Å². The number of carbonyl (C=O) groups excluding carboxylic acids is 4. The number of hydrogen-bond acceptors (Lipinski definition) is 4. The van der Waals surface area contributed by atoms with Gasteiger partial charge in [0.2, 0.25) is 6.41 Å². The summed E-state index contributed by atoms with van der Waals surface area (Å²) in [6, 6.07) is 11.9. The van der Waals surface area contributed by atoms with Crippen LogP contribution in [0.15, 0.2) is 54.2 Å². The zero-order valence-electron chi connectivity index (χ0n) is 14.7. The lowest BCUT2D eigenvalue weighted by Gasteiger charge is -2.16. The number of carbonyl (C=O) groups is 4. The van der Waals surface area contributed by atoms with E-state index in [9.17, 15) is 19.2 Å². The van der Waals surface area contributed by atoms with Gasteiger partial charge in [-0.3, -0.25) is 28.6 Å². The highest BCUT2D eigenvalue weighted by atomic mass is 16.2. The van der Waals surface area contributed by atoms with Gasteiger partial charge in [-0.25, -0.2) is 0 Å². The van der Waals surface area contributed by atoms with E-state index in [1.807, 2.05) is 0 Å². The molecule has 134 valence electrons. The van der Waals surface area contributed by atoms with Crippen molar-refractivity contribution in [2.45, 2.75) is 0 Å². The van der Waals surface area contributed by atoms with Gasteiger partial charge in [0.05, 0.1) is 0 Å². The summed E-state index contributed by atoms with van der Waals surface area (Å²) in [4.78, 5) is 50.3. The Morgan fingerprint density at radius 3 is 2.15 bits per heavy atom. The van der Waals surface area contributed by atoms with Crippen molar-refractivity contribution in [1.82, 2.24) is 14.4 Å². The van der Waals surface area contributed by atoms with Gasteiger partial charge in [-0.1, -0.05) is 18.2 Å². The fourth-order valence-electron chi connectivity index (χ4n) is 2.26. The predicted molar refractivity (Wildman–Crippen MR) is 96.1 cm³/mol. The summed E-state index contributed by atoms with van der Waals surface area (Å²) < 4.78 is 1.34. The minimum atomic E-state index is -0.751. The maximum absolute atomic E-state index is 12.7. The van der Waals surface area contributed by atoms with Crippen molar-refractivity contribution in [1.29, 1.82) is 0 Å². The molecule has 7 heteroatoms. The largest absolute Gasteiger partial charge is 0.345 e. The minimum absolute atomic E-state index is 0.217. The van der Waals surface area contributed by atoms with Crippen molar-refractivity contribution in [2.24, 2.45) is 0 Å². The predicted octanol–water partition coefficient (Wildman–Crippen LogP) is 1.26. The monoisotopic (exact) mass is 353 g/mol. The second-order valence-electron chi connectivity index (χ2n) is 5.75. The molecule has 0 spiro atoms. The van der Waals surface area contributed by atoms with Gasteiger partial charge in [0.25, 0.3) is 17.7 Å². The van der Waals surface area contributed by atoms with Crippen LogP contribution in [0.4, 0.5) is 0 Å². The van der Waals surface area contributed by atoms with Gasteiger partial charge in [-0.05, 0) is 30.3 Å². The first-order valence-electron chi connectivity index (χ1n) is 7.79. The van der Waals surface area contributed by atoms with E-state index >= 15 is 0 Å². The molecule has 1 heterocycles. The molecule has 3 amide bonds. The van der Waals surface area contributed by atoms with Crippen LogP contribution in [0.1, 0.15) is 16.1 Å². The van der Waals surface area contributed by atoms with E-state index in [2.05, 4.69) is 0 Å². The molecule has 0 bridgehead atoms. The summed E-state index contributed by atoms with van der Waals surface area (Å²) >= 11 is 0. The lowest BCUT2D eigenvalue weighted by atomic mass is 10.1.